The number of pyridine rings is 1. The van der Waals surface area contributed by atoms with Crippen LogP contribution in [0.4, 0.5) is 5.82 Å². The number of hydrogen-bond acceptors (Lipinski definition) is 5. The van der Waals surface area contributed by atoms with Gasteiger partial charge in [-0.15, -0.1) is 0 Å². The van der Waals surface area contributed by atoms with Crippen molar-refractivity contribution in [3.05, 3.63) is 16.1 Å². The molecule has 5 nitrogen and oxygen atoms in total. The van der Waals surface area contributed by atoms with Gasteiger partial charge in [-0.25, -0.2) is 5.84 Å². The molecule has 0 aliphatic rings. The van der Waals surface area contributed by atoms with Crippen LogP contribution in [0.25, 0.3) is 0 Å². The normalized spacial score (nSPS) is 11.5. The Morgan fingerprint density at radius 1 is 1.25 bits per heavy atom. The van der Waals surface area contributed by atoms with Crippen molar-refractivity contribution in [2.45, 2.75) is 39.8 Å². The smallest absolute Gasteiger partial charge is 0.234 e. The van der Waals surface area contributed by atoms with Gasteiger partial charge in [-0.05, 0) is 33.8 Å². The van der Waals surface area contributed by atoms with Crippen molar-refractivity contribution >= 4 is 29.0 Å². The molecule has 0 aromatic carbocycles. The highest BCUT2D eigenvalue weighted by atomic mass is 35.5. The SMILES string of the molecule is CC(C)N(CCOc1nc(NN)c(Cl)cc1Cl)C(C)C. The van der Waals surface area contributed by atoms with Gasteiger partial charge in [0, 0.05) is 18.6 Å². The van der Waals surface area contributed by atoms with E-state index in [2.05, 4.69) is 43.0 Å². The van der Waals surface area contributed by atoms with Gasteiger partial charge in [0.2, 0.25) is 5.88 Å². The van der Waals surface area contributed by atoms with Crippen molar-refractivity contribution in [3.63, 3.8) is 0 Å². The number of anilines is 1. The molecule has 7 heteroatoms. The molecule has 0 fully saturated rings. The predicted molar refractivity (Wildman–Crippen MR) is 84.5 cm³/mol. The summed E-state index contributed by atoms with van der Waals surface area (Å²) in [5.74, 6) is 6.00. The molecule has 0 spiro atoms. The first-order chi connectivity index (χ1) is 9.36. The van der Waals surface area contributed by atoms with Gasteiger partial charge < -0.3 is 10.2 Å². The van der Waals surface area contributed by atoms with Gasteiger partial charge >= 0.3 is 0 Å². The Balaban J connectivity index is 2.66. The minimum absolute atomic E-state index is 0.330. The Morgan fingerprint density at radius 2 is 1.85 bits per heavy atom. The number of nitrogen functional groups attached to an aromatic ring is 1. The Bertz CT molecular complexity index is 433. The molecular formula is C13H22Cl2N4O. The first-order valence-electron chi connectivity index (χ1n) is 6.58. The number of hydrogen-bond donors (Lipinski definition) is 2. The summed E-state index contributed by atoms with van der Waals surface area (Å²) in [5, 5.41) is 0.727. The first kappa shape index (κ1) is 17.3. The van der Waals surface area contributed by atoms with Crippen LogP contribution in [-0.4, -0.2) is 35.1 Å². The average molecular weight is 321 g/mol. The van der Waals surface area contributed by atoms with Gasteiger partial charge in [-0.1, -0.05) is 23.2 Å². The van der Waals surface area contributed by atoms with Gasteiger partial charge in [0.05, 0.1) is 5.02 Å². The lowest BCUT2D eigenvalue weighted by Gasteiger charge is -2.30. The third-order valence-corrected chi connectivity index (χ3v) is 3.51. The summed E-state index contributed by atoms with van der Waals surface area (Å²) in [7, 11) is 0. The summed E-state index contributed by atoms with van der Waals surface area (Å²) in [5.41, 5.74) is 2.41. The van der Waals surface area contributed by atoms with Crippen molar-refractivity contribution in [1.29, 1.82) is 0 Å². The quantitative estimate of drug-likeness (QED) is 0.596. The number of aromatic nitrogens is 1. The first-order valence-corrected chi connectivity index (χ1v) is 7.33. The van der Waals surface area contributed by atoms with Crippen LogP contribution in [0.3, 0.4) is 0 Å². The maximum atomic E-state index is 6.04. The van der Waals surface area contributed by atoms with Crippen LogP contribution < -0.4 is 16.0 Å². The molecule has 0 bridgehead atoms. The molecule has 1 aromatic rings. The summed E-state index contributed by atoms with van der Waals surface area (Å²) in [6.45, 7) is 9.91. The lowest BCUT2D eigenvalue weighted by atomic mass is 10.2. The fourth-order valence-electron chi connectivity index (χ4n) is 2.01. The lowest BCUT2D eigenvalue weighted by Crippen LogP contribution is -2.39. The zero-order chi connectivity index (χ0) is 15.3. The van der Waals surface area contributed by atoms with Gasteiger partial charge in [-0.2, -0.15) is 4.98 Å². The molecule has 1 aromatic heterocycles. The second-order valence-corrected chi connectivity index (χ2v) is 5.84. The second kappa shape index (κ2) is 7.88. The number of nitrogens with one attached hydrogen (secondary N) is 1. The van der Waals surface area contributed by atoms with E-state index >= 15 is 0 Å². The second-order valence-electron chi connectivity index (χ2n) is 5.02. The van der Waals surface area contributed by atoms with Crippen molar-refractivity contribution < 1.29 is 4.74 Å². The van der Waals surface area contributed by atoms with E-state index in [-0.39, 0.29) is 0 Å². The van der Waals surface area contributed by atoms with E-state index in [4.69, 9.17) is 33.8 Å². The van der Waals surface area contributed by atoms with Gasteiger partial charge in [0.25, 0.3) is 0 Å². The molecular weight excluding hydrogens is 299 g/mol. The minimum atomic E-state index is 0.330. The molecule has 114 valence electrons. The van der Waals surface area contributed by atoms with Gasteiger partial charge in [0.15, 0.2) is 5.82 Å². The van der Waals surface area contributed by atoms with E-state index in [0.29, 0.717) is 40.4 Å². The van der Waals surface area contributed by atoms with E-state index in [0.717, 1.165) is 6.54 Å². The van der Waals surface area contributed by atoms with Crippen molar-refractivity contribution in [3.8, 4) is 5.88 Å². The average Bonchev–Trinajstić information content (AvgIpc) is 2.35. The zero-order valence-electron chi connectivity index (χ0n) is 12.3. The summed E-state index contributed by atoms with van der Waals surface area (Å²) in [6.07, 6.45) is 0. The highest BCUT2D eigenvalue weighted by Crippen LogP contribution is 2.30. The third kappa shape index (κ3) is 4.66. The maximum absolute atomic E-state index is 6.04. The van der Waals surface area contributed by atoms with Crippen molar-refractivity contribution in [1.82, 2.24) is 9.88 Å². The highest BCUT2D eigenvalue weighted by molar-refractivity contribution is 6.36. The van der Waals surface area contributed by atoms with Crippen LogP contribution in [0.1, 0.15) is 27.7 Å². The van der Waals surface area contributed by atoms with E-state index in [1.807, 2.05) is 0 Å². The molecule has 0 aliphatic heterocycles. The molecule has 0 atom stereocenters. The highest BCUT2D eigenvalue weighted by Gasteiger charge is 2.14. The molecule has 0 aliphatic carbocycles. The molecule has 0 amide bonds. The fraction of sp³-hybridized carbons (Fsp3) is 0.615. The number of ether oxygens (including phenoxy) is 1. The van der Waals surface area contributed by atoms with E-state index in [1.165, 1.54) is 0 Å². The Hall–Kier alpha value is -0.750. The molecule has 1 rings (SSSR count). The molecule has 3 N–H and O–H groups in total. The van der Waals surface area contributed by atoms with Gasteiger partial charge in [0.1, 0.15) is 11.6 Å². The molecule has 0 unspecified atom stereocenters. The third-order valence-electron chi connectivity index (χ3n) is 2.95. The summed E-state index contributed by atoms with van der Waals surface area (Å²) in [6, 6.07) is 2.46. The standard InChI is InChI=1S/C13H22Cl2N4O/c1-8(2)19(9(3)4)5-6-20-13-11(15)7-10(14)12(17-13)18-16/h7-9H,5-6,16H2,1-4H3,(H,17,18). The summed E-state index contributed by atoms with van der Waals surface area (Å²) < 4.78 is 5.63. The largest absolute Gasteiger partial charge is 0.475 e. The van der Waals surface area contributed by atoms with Crippen LogP contribution in [0.5, 0.6) is 5.88 Å². The predicted octanol–water partition coefficient (Wildman–Crippen LogP) is 3.17. The van der Waals surface area contributed by atoms with Crippen LogP contribution >= 0.6 is 23.2 Å². The lowest BCUT2D eigenvalue weighted by molar-refractivity contribution is 0.140. The number of hydrazine groups is 1. The van der Waals surface area contributed by atoms with Crippen LogP contribution in [0.15, 0.2) is 6.07 Å². The Labute approximate surface area is 130 Å². The van der Waals surface area contributed by atoms with E-state index < -0.39 is 0 Å². The molecule has 20 heavy (non-hydrogen) atoms. The zero-order valence-corrected chi connectivity index (χ0v) is 13.8. The van der Waals surface area contributed by atoms with E-state index in [9.17, 15) is 0 Å². The number of halogens is 2. The number of nitrogens with two attached hydrogens (primary N) is 1. The van der Waals surface area contributed by atoms with Crippen LogP contribution in [0.2, 0.25) is 10.0 Å². The minimum Gasteiger partial charge on any atom is -0.475 e. The van der Waals surface area contributed by atoms with Gasteiger partial charge in [-0.3, -0.25) is 4.90 Å². The monoisotopic (exact) mass is 320 g/mol. The number of rotatable bonds is 7. The van der Waals surface area contributed by atoms with Crippen LogP contribution in [-0.2, 0) is 0 Å². The van der Waals surface area contributed by atoms with Crippen molar-refractivity contribution in [2.75, 3.05) is 18.6 Å². The maximum Gasteiger partial charge on any atom is 0.234 e. The van der Waals surface area contributed by atoms with Crippen molar-refractivity contribution in [2.24, 2.45) is 5.84 Å². The topological polar surface area (TPSA) is 63.4 Å². The Kier molecular flexibility index (Phi) is 6.82. The summed E-state index contributed by atoms with van der Waals surface area (Å²) >= 11 is 12.0. The molecule has 0 saturated heterocycles. The number of nitrogens with zero attached hydrogens (tertiary/aromatic N) is 2. The van der Waals surface area contributed by atoms with E-state index in [1.54, 1.807) is 6.07 Å². The molecule has 0 radical (unpaired) electrons. The fourth-order valence-corrected chi connectivity index (χ4v) is 2.48. The summed E-state index contributed by atoms with van der Waals surface area (Å²) in [4.78, 5) is 6.46. The molecule has 1 heterocycles. The van der Waals surface area contributed by atoms with Crippen LogP contribution in [0, 0.1) is 0 Å². The molecule has 0 saturated carbocycles. The Morgan fingerprint density at radius 3 is 2.35 bits per heavy atom.